The smallest absolute Gasteiger partial charge is 0.258 e. The second kappa shape index (κ2) is 3.46. The molecule has 0 saturated heterocycles. The van der Waals surface area contributed by atoms with Gasteiger partial charge in [0.25, 0.3) is 5.56 Å². The van der Waals surface area contributed by atoms with Crippen LogP contribution in [0.25, 0.3) is 10.8 Å². The molecule has 1 aliphatic rings. The maximum Gasteiger partial charge on any atom is 0.258 e. The van der Waals surface area contributed by atoms with Crippen LogP contribution in [0.5, 0.6) is 0 Å². The summed E-state index contributed by atoms with van der Waals surface area (Å²) in [4.78, 5) is 12.2. The molecule has 0 radical (unpaired) electrons. The van der Waals surface area contributed by atoms with Crippen LogP contribution < -0.4 is 5.56 Å². The lowest BCUT2D eigenvalue weighted by atomic mass is 9.85. The van der Waals surface area contributed by atoms with Gasteiger partial charge in [-0.3, -0.25) is 4.79 Å². The van der Waals surface area contributed by atoms with E-state index in [1.54, 1.807) is 4.57 Å². The SMILES string of the molecule is Cc1cc2c(=O)n(C)cc3c2c(c1C)CCC3. The number of rotatable bonds is 0. The number of hydrogen-bond donors (Lipinski definition) is 0. The predicted molar refractivity (Wildman–Crippen MR) is 70.7 cm³/mol. The third-order valence-electron chi connectivity index (χ3n) is 4.07. The van der Waals surface area contributed by atoms with Crippen LogP contribution in [0.1, 0.15) is 28.7 Å². The molecule has 0 unspecified atom stereocenters. The molecule has 0 aliphatic heterocycles. The van der Waals surface area contributed by atoms with Crippen LogP contribution >= 0.6 is 0 Å². The summed E-state index contributed by atoms with van der Waals surface area (Å²) in [6.45, 7) is 4.28. The second-order valence-electron chi connectivity index (χ2n) is 5.14. The minimum Gasteiger partial charge on any atom is -0.318 e. The van der Waals surface area contributed by atoms with E-state index in [-0.39, 0.29) is 5.56 Å². The summed E-state index contributed by atoms with van der Waals surface area (Å²) in [5.41, 5.74) is 5.48. The molecule has 17 heavy (non-hydrogen) atoms. The number of benzene rings is 1. The van der Waals surface area contributed by atoms with Crippen molar-refractivity contribution in [1.82, 2.24) is 4.57 Å². The maximum atomic E-state index is 12.2. The molecule has 2 nitrogen and oxygen atoms in total. The fourth-order valence-corrected chi connectivity index (χ4v) is 3.03. The number of aryl methyl sites for hydroxylation is 4. The van der Waals surface area contributed by atoms with Gasteiger partial charge in [-0.2, -0.15) is 0 Å². The van der Waals surface area contributed by atoms with Crippen molar-refractivity contribution in [3.63, 3.8) is 0 Å². The first-order valence-corrected chi connectivity index (χ1v) is 6.21. The Bertz CT molecular complexity index is 680. The van der Waals surface area contributed by atoms with Crippen LogP contribution in [-0.4, -0.2) is 4.57 Å². The zero-order valence-corrected chi connectivity index (χ0v) is 10.6. The molecule has 0 spiro atoms. The molecule has 0 amide bonds. The van der Waals surface area contributed by atoms with Crippen LogP contribution in [0, 0.1) is 13.8 Å². The van der Waals surface area contributed by atoms with Crippen molar-refractivity contribution in [2.75, 3.05) is 0 Å². The zero-order chi connectivity index (χ0) is 12.2. The van der Waals surface area contributed by atoms with Crippen LogP contribution in [-0.2, 0) is 19.9 Å². The molecule has 0 fully saturated rings. The fourth-order valence-electron chi connectivity index (χ4n) is 3.03. The van der Waals surface area contributed by atoms with Crippen molar-refractivity contribution in [2.45, 2.75) is 33.1 Å². The Morgan fingerprint density at radius 3 is 2.76 bits per heavy atom. The van der Waals surface area contributed by atoms with Gasteiger partial charge in [0.15, 0.2) is 0 Å². The normalized spacial score (nSPS) is 14.3. The summed E-state index contributed by atoms with van der Waals surface area (Å²) >= 11 is 0. The van der Waals surface area contributed by atoms with E-state index in [0.717, 1.165) is 18.2 Å². The molecule has 0 atom stereocenters. The van der Waals surface area contributed by atoms with Crippen molar-refractivity contribution in [1.29, 1.82) is 0 Å². The molecule has 88 valence electrons. The van der Waals surface area contributed by atoms with Gasteiger partial charge >= 0.3 is 0 Å². The van der Waals surface area contributed by atoms with Crippen LogP contribution in [0.2, 0.25) is 0 Å². The van der Waals surface area contributed by atoms with Gasteiger partial charge in [0.2, 0.25) is 0 Å². The quantitative estimate of drug-likeness (QED) is 0.678. The van der Waals surface area contributed by atoms with Crippen molar-refractivity contribution in [2.24, 2.45) is 7.05 Å². The summed E-state index contributed by atoms with van der Waals surface area (Å²) in [5, 5.41) is 2.14. The minimum absolute atomic E-state index is 0.134. The fraction of sp³-hybridized carbons (Fsp3) is 0.400. The lowest BCUT2D eigenvalue weighted by Gasteiger charge is -2.21. The highest BCUT2D eigenvalue weighted by atomic mass is 16.1. The zero-order valence-electron chi connectivity index (χ0n) is 10.6. The average molecular weight is 227 g/mol. The number of pyridine rings is 1. The standard InChI is InChI=1S/C15H17NO/c1-9-7-13-14-11(8-16(3)15(13)17)5-4-6-12(14)10(9)2/h7-8H,4-6H2,1-3H3. The lowest BCUT2D eigenvalue weighted by Crippen LogP contribution is -2.20. The largest absolute Gasteiger partial charge is 0.318 e. The molecule has 1 aromatic carbocycles. The van der Waals surface area contributed by atoms with Crippen LogP contribution in [0.15, 0.2) is 17.1 Å². The third kappa shape index (κ3) is 1.36. The van der Waals surface area contributed by atoms with Gasteiger partial charge in [0.05, 0.1) is 0 Å². The Labute approximate surface area is 101 Å². The van der Waals surface area contributed by atoms with E-state index in [0.29, 0.717) is 0 Å². The Hall–Kier alpha value is -1.57. The Morgan fingerprint density at radius 1 is 1.24 bits per heavy atom. The molecule has 1 aliphatic carbocycles. The molecular weight excluding hydrogens is 210 g/mol. The summed E-state index contributed by atoms with van der Waals surface area (Å²) in [6, 6.07) is 2.06. The van der Waals surface area contributed by atoms with Gasteiger partial charge in [0.1, 0.15) is 0 Å². The molecule has 2 aromatic rings. The number of hydrogen-bond acceptors (Lipinski definition) is 1. The predicted octanol–water partition coefficient (Wildman–Crippen LogP) is 2.64. The second-order valence-corrected chi connectivity index (χ2v) is 5.14. The monoisotopic (exact) mass is 227 g/mol. The highest BCUT2D eigenvalue weighted by Crippen LogP contribution is 2.31. The maximum absolute atomic E-state index is 12.2. The molecule has 3 rings (SSSR count). The number of aromatic nitrogens is 1. The molecule has 0 N–H and O–H groups in total. The summed E-state index contributed by atoms with van der Waals surface area (Å²) in [7, 11) is 1.85. The first kappa shape index (κ1) is 10.6. The Morgan fingerprint density at radius 2 is 2.00 bits per heavy atom. The van der Waals surface area contributed by atoms with Crippen molar-refractivity contribution in [3.05, 3.63) is 44.9 Å². The van der Waals surface area contributed by atoms with Crippen LogP contribution in [0.3, 0.4) is 0 Å². The summed E-state index contributed by atoms with van der Waals surface area (Å²) in [5.74, 6) is 0. The van der Waals surface area contributed by atoms with E-state index < -0.39 is 0 Å². The topological polar surface area (TPSA) is 22.0 Å². The van der Waals surface area contributed by atoms with E-state index in [1.807, 2.05) is 13.2 Å². The van der Waals surface area contributed by atoms with Gasteiger partial charge in [0, 0.05) is 18.6 Å². The molecular formula is C15H17NO. The van der Waals surface area contributed by atoms with Gasteiger partial charge in [-0.1, -0.05) is 0 Å². The van der Waals surface area contributed by atoms with Gasteiger partial charge in [-0.15, -0.1) is 0 Å². The molecule has 1 aromatic heterocycles. The van der Waals surface area contributed by atoms with E-state index >= 15 is 0 Å². The van der Waals surface area contributed by atoms with Gasteiger partial charge < -0.3 is 4.57 Å². The summed E-state index contributed by atoms with van der Waals surface area (Å²) in [6.07, 6.45) is 5.43. The third-order valence-corrected chi connectivity index (χ3v) is 4.07. The Kier molecular flexibility index (Phi) is 2.15. The van der Waals surface area contributed by atoms with E-state index in [1.165, 1.54) is 34.1 Å². The highest BCUT2D eigenvalue weighted by Gasteiger charge is 2.18. The molecule has 1 heterocycles. The van der Waals surface area contributed by atoms with Crippen molar-refractivity contribution in [3.8, 4) is 0 Å². The first-order valence-electron chi connectivity index (χ1n) is 6.21. The number of nitrogens with zero attached hydrogens (tertiary/aromatic N) is 1. The van der Waals surface area contributed by atoms with Crippen LogP contribution in [0.4, 0.5) is 0 Å². The minimum atomic E-state index is 0.134. The molecule has 0 saturated carbocycles. The van der Waals surface area contributed by atoms with E-state index in [9.17, 15) is 4.79 Å². The van der Waals surface area contributed by atoms with E-state index in [4.69, 9.17) is 0 Å². The summed E-state index contributed by atoms with van der Waals surface area (Å²) < 4.78 is 1.72. The molecule has 0 bridgehead atoms. The van der Waals surface area contributed by atoms with Gasteiger partial charge in [-0.25, -0.2) is 0 Å². The average Bonchev–Trinajstić information content (AvgIpc) is 2.31. The first-order chi connectivity index (χ1) is 8.09. The Balaban J connectivity index is 2.60. The van der Waals surface area contributed by atoms with Gasteiger partial charge in [-0.05, 0) is 66.8 Å². The molecule has 2 heteroatoms. The lowest BCUT2D eigenvalue weighted by molar-refractivity contribution is 0.774. The van der Waals surface area contributed by atoms with Crippen molar-refractivity contribution < 1.29 is 0 Å². The highest BCUT2D eigenvalue weighted by molar-refractivity contribution is 5.90. The van der Waals surface area contributed by atoms with E-state index in [2.05, 4.69) is 19.9 Å². The van der Waals surface area contributed by atoms with Crippen molar-refractivity contribution >= 4 is 10.8 Å².